The van der Waals surface area contributed by atoms with E-state index in [4.69, 9.17) is 4.52 Å². The third kappa shape index (κ3) is 3.20. The molecule has 0 aliphatic rings. The van der Waals surface area contributed by atoms with Crippen LogP contribution in [0.25, 0.3) is 11.3 Å². The molecular weight excluding hydrogens is 354 g/mol. The summed E-state index contributed by atoms with van der Waals surface area (Å²) in [6.07, 6.45) is 0. The van der Waals surface area contributed by atoms with Crippen molar-refractivity contribution < 1.29 is 9.32 Å². The van der Waals surface area contributed by atoms with Gasteiger partial charge in [-0.15, -0.1) is 11.3 Å². The second-order valence-corrected chi connectivity index (χ2v) is 6.10. The highest BCUT2D eigenvalue weighted by atomic mass is 79.9. The maximum Gasteiger partial charge on any atom is 0.279 e. The van der Waals surface area contributed by atoms with Gasteiger partial charge < -0.3 is 4.52 Å². The third-order valence-corrected chi connectivity index (χ3v) is 4.01. The van der Waals surface area contributed by atoms with Gasteiger partial charge in [0, 0.05) is 21.5 Å². The lowest BCUT2D eigenvalue weighted by molar-refractivity contribution is 0.101. The van der Waals surface area contributed by atoms with Crippen LogP contribution in [-0.4, -0.2) is 16.0 Å². The summed E-state index contributed by atoms with van der Waals surface area (Å²) in [5, 5.41) is 8.80. The Hall–Kier alpha value is -1.99. The highest BCUT2D eigenvalue weighted by Crippen LogP contribution is 2.26. The van der Waals surface area contributed by atoms with E-state index in [-0.39, 0.29) is 11.6 Å². The average Bonchev–Trinajstić information content (AvgIpc) is 3.09. The molecule has 0 aliphatic carbocycles. The standard InChI is InChI=1S/C14H10BrN3O2S/c1-8-6-11(18-20-8)13(19)17-14-16-12(7-21-14)9-2-4-10(15)5-3-9/h2-7H,1H3,(H,16,17,19). The molecule has 3 aromatic rings. The average molecular weight is 364 g/mol. The molecule has 0 saturated heterocycles. The summed E-state index contributed by atoms with van der Waals surface area (Å²) in [4.78, 5) is 16.3. The fraction of sp³-hybridized carbons (Fsp3) is 0.0714. The number of aromatic nitrogens is 2. The number of carbonyl (C=O) groups excluding carboxylic acids is 1. The van der Waals surface area contributed by atoms with E-state index in [0.29, 0.717) is 10.9 Å². The van der Waals surface area contributed by atoms with Crippen molar-refractivity contribution in [3.05, 3.63) is 51.6 Å². The Morgan fingerprint density at radius 2 is 2.10 bits per heavy atom. The van der Waals surface area contributed by atoms with Gasteiger partial charge in [-0.1, -0.05) is 33.2 Å². The largest absolute Gasteiger partial charge is 0.361 e. The van der Waals surface area contributed by atoms with E-state index < -0.39 is 0 Å². The molecule has 1 amide bonds. The Labute approximate surface area is 133 Å². The summed E-state index contributed by atoms with van der Waals surface area (Å²) in [5.41, 5.74) is 2.05. The summed E-state index contributed by atoms with van der Waals surface area (Å²) < 4.78 is 5.89. The summed E-state index contributed by atoms with van der Waals surface area (Å²) in [6.45, 7) is 1.73. The Balaban J connectivity index is 1.76. The molecule has 106 valence electrons. The lowest BCUT2D eigenvalue weighted by Gasteiger charge is -1.98. The maximum atomic E-state index is 11.9. The maximum absolute atomic E-state index is 11.9. The minimum atomic E-state index is -0.330. The van der Waals surface area contributed by atoms with Gasteiger partial charge in [0.2, 0.25) is 0 Å². The number of nitrogens with one attached hydrogen (secondary N) is 1. The van der Waals surface area contributed by atoms with Crippen LogP contribution in [0.3, 0.4) is 0 Å². The number of amides is 1. The number of rotatable bonds is 3. The van der Waals surface area contributed by atoms with Gasteiger partial charge in [0.15, 0.2) is 10.8 Å². The molecule has 1 aromatic carbocycles. The lowest BCUT2D eigenvalue weighted by atomic mass is 10.2. The van der Waals surface area contributed by atoms with Crippen LogP contribution in [0.2, 0.25) is 0 Å². The molecule has 2 heterocycles. The van der Waals surface area contributed by atoms with Crippen molar-refractivity contribution in [2.45, 2.75) is 6.92 Å². The fourth-order valence-electron chi connectivity index (χ4n) is 1.72. The van der Waals surface area contributed by atoms with Crippen LogP contribution in [-0.2, 0) is 0 Å². The normalized spacial score (nSPS) is 10.6. The quantitative estimate of drug-likeness (QED) is 0.759. The van der Waals surface area contributed by atoms with E-state index in [2.05, 4.69) is 31.4 Å². The van der Waals surface area contributed by atoms with Crippen molar-refractivity contribution in [3.8, 4) is 11.3 Å². The topological polar surface area (TPSA) is 68.0 Å². The van der Waals surface area contributed by atoms with E-state index in [9.17, 15) is 4.79 Å². The Morgan fingerprint density at radius 3 is 2.76 bits per heavy atom. The summed E-state index contributed by atoms with van der Waals surface area (Å²) in [6, 6.07) is 9.41. The van der Waals surface area contributed by atoms with Crippen molar-refractivity contribution in [3.63, 3.8) is 0 Å². The summed E-state index contributed by atoms with van der Waals surface area (Å²) in [7, 11) is 0. The molecule has 0 saturated carbocycles. The first-order valence-corrected chi connectivity index (χ1v) is 7.75. The molecular formula is C14H10BrN3O2S. The van der Waals surface area contributed by atoms with E-state index in [1.165, 1.54) is 11.3 Å². The molecule has 0 radical (unpaired) electrons. The molecule has 0 spiro atoms. The van der Waals surface area contributed by atoms with Crippen LogP contribution < -0.4 is 5.32 Å². The minimum absolute atomic E-state index is 0.243. The van der Waals surface area contributed by atoms with Gasteiger partial charge in [-0.3, -0.25) is 10.1 Å². The van der Waals surface area contributed by atoms with E-state index in [0.717, 1.165) is 15.7 Å². The second kappa shape index (κ2) is 5.79. The van der Waals surface area contributed by atoms with Crippen LogP contribution in [0, 0.1) is 6.92 Å². The first-order valence-electron chi connectivity index (χ1n) is 6.08. The smallest absolute Gasteiger partial charge is 0.279 e. The Kier molecular flexibility index (Phi) is 3.85. The Bertz CT molecular complexity index is 780. The van der Waals surface area contributed by atoms with Crippen LogP contribution >= 0.6 is 27.3 Å². The Morgan fingerprint density at radius 1 is 1.33 bits per heavy atom. The van der Waals surface area contributed by atoms with Gasteiger partial charge in [0.25, 0.3) is 5.91 Å². The highest BCUT2D eigenvalue weighted by molar-refractivity contribution is 9.10. The van der Waals surface area contributed by atoms with E-state index >= 15 is 0 Å². The molecule has 0 unspecified atom stereocenters. The van der Waals surface area contributed by atoms with E-state index in [1.807, 2.05) is 29.6 Å². The molecule has 0 atom stereocenters. The molecule has 7 heteroatoms. The lowest BCUT2D eigenvalue weighted by Crippen LogP contribution is -2.11. The van der Waals surface area contributed by atoms with Gasteiger partial charge in [0.1, 0.15) is 5.76 Å². The second-order valence-electron chi connectivity index (χ2n) is 4.32. The highest BCUT2D eigenvalue weighted by Gasteiger charge is 2.13. The molecule has 0 fully saturated rings. The van der Waals surface area contributed by atoms with Crippen molar-refractivity contribution in [1.82, 2.24) is 10.1 Å². The number of hydrogen-bond acceptors (Lipinski definition) is 5. The van der Waals surface area contributed by atoms with Crippen molar-refractivity contribution >= 4 is 38.3 Å². The van der Waals surface area contributed by atoms with Crippen LogP contribution in [0.15, 0.2) is 44.7 Å². The third-order valence-electron chi connectivity index (χ3n) is 2.73. The van der Waals surface area contributed by atoms with Gasteiger partial charge in [-0.2, -0.15) is 0 Å². The van der Waals surface area contributed by atoms with Gasteiger partial charge in [-0.05, 0) is 19.1 Å². The van der Waals surface area contributed by atoms with Crippen molar-refractivity contribution in [2.24, 2.45) is 0 Å². The first-order chi connectivity index (χ1) is 10.1. The number of benzene rings is 1. The minimum Gasteiger partial charge on any atom is -0.361 e. The monoisotopic (exact) mass is 363 g/mol. The van der Waals surface area contributed by atoms with Gasteiger partial charge in [0.05, 0.1) is 5.69 Å². The molecule has 0 aliphatic heterocycles. The summed E-state index contributed by atoms with van der Waals surface area (Å²) >= 11 is 4.76. The number of aryl methyl sites for hydroxylation is 1. The fourth-order valence-corrected chi connectivity index (χ4v) is 2.70. The zero-order chi connectivity index (χ0) is 14.8. The van der Waals surface area contributed by atoms with Crippen LogP contribution in [0.5, 0.6) is 0 Å². The first kappa shape index (κ1) is 14.0. The number of carbonyl (C=O) groups is 1. The van der Waals surface area contributed by atoms with Crippen molar-refractivity contribution in [2.75, 3.05) is 5.32 Å². The molecule has 1 N–H and O–H groups in total. The van der Waals surface area contributed by atoms with Gasteiger partial charge >= 0.3 is 0 Å². The van der Waals surface area contributed by atoms with Gasteiger partial charge in [-0.25, -0.2) is 4.98 Å². The number of hydrogen-bond donors (Lipinski definition) is 1. The molecule has 3 rings (SSSR count). The number of thiazole rings is 1. The number of anilines is 1. The zero-order valence-corrected chi connectivity index (χ0v) is 13.4. The number of nitrogens with zero attached hydrogens (tertiary/aromatic N) is 2. The molecule has 5 nitrogen and oxygen atoms in total. The SMILES string of the molecule is Cc1cc(C(=O)Nc2nc(-c3ccc(Br)cc3)cs2)no1. The molecule has 2 aromatic heterocycles. The number of halogens is 1. The van der Waals surface area contributed by atoms with Crippen LogP contribution in [0.1, 0.15) is 16.2 Å². The van der Waals surface area contributed by atoms with Crippen molar-refractivity contribution in [1.29, 1.82) is 0 Å². The molecule has 21 heavy (non-hydrogen) atoms. The summed E-state index contributed by atoms with van der Waals surface area (Å²) in [5.74, 6) is 0.262. The van der Waals surface area contributed by atoms with Crippen LogP contribution in [0.4, 0.5) is 5.13 Å². The predicted molar refractivity (Wildman–Crippen MR) is 84.4 cm³/mol. The molecule has 0 bridgehead atoms. The van der Waals surface area contributed by atoms with E-state index in [1.54, 1.807) is 13.0 Å². The predicted octanol–water partition coefficient (Wildman–Crippen LogP) is 4.12. The zero-order valence-electron chi connectivity index (χ0n) is 11.0.